The smallest absolute Gasteiger partial charge is 0.108 e. The number of nitrogens with one attached hydrogen (secondary N) is 1. The lowest BCUT2D eigenvalue weighted by atomic mass is 10.2. The van der Waals surface area contributed by atoms with Gasteiger partial charge >= 0.3 is 0 Å². The van der Waals surface area contributed by atoms with Crippen LogP contribution in [-0.4, -0.2) is 16.1 Å². The molecule has 0 bridgehead atoms. The Kier molecular flexibility index (Phi) is 2.51. The first-order valence-corrected chi connectivity index (χ1v) is 6.57. The molecule has 2 heterocycles. The molecular weight excluding hydrogens is 198 g/mol. The average Bonchev–Trinajstić information content (AvgIpc) is 2.88. The second-order valence-electron chi connectivity index (χ2n) is 5.29. The van der Waals surface area contributed by atoms with Crippen molar-refractivity contribution in [3.63, 3.8) is 0 Å². The van der Waals surface area contributed by atoms with Gasteiger partial charge in [-0.15, -0.1) is 0 Å². The topological polar surface area (TPSA) is 29.9 Å². The van der Waals surface area contributed by atoms with Crippen molar-refractivity contribution >= 4 is 0 Å². The Bertz CT molecular complexity index is 394. The van der Waals surface area contributed by atoms with E-state index in [0.29, 0.717) is 0 Å². The molecule has 3 rings (SSSR count). The summed E-state index contributed by atoms with van der Waals surface area (Å²) in [6.07, 6.45) is 3.63. The maximum Gasteiger partial charge on any atom is 0.108 e. The number of aromatic nitrogens is 2. The fourth-order valence-electron chi connectivity index (χ4n) is 2.80. The summed E-state index contributed by atoms with van der Waals surface area (Å²) >= 11 is 0. The highest BCUT2D eigenvalue weighted by atomic mass is 15.1. The molecule has 0 saturated heterocycles. The van der Waals surface area contributed by atoms with Gasteiger partial charge in [0.15, 0.2) is 0 Å². The molecule has 16 heavy (non-hydrogen) atoms. The lowest BCUT2D eigenvalue weighted by Gasteiger charge is -2.16. The summed E-state index contributed by atoms with van der Waals surface area (Å²) in [5.74, 6) is 3.15. The molecule has 0 radical (unpaired) electrons. The van der Waals surface area contributed by atoms with Crippen LogP contribution in [0.1, 0.15) is 37.5 Å². The van der Waals surface area contributed by atoms with Crippen LogP contribution in [0, 0.1) is 11.8 Å². The SMILES string of the molecule is CCc1nc2c(n1CC1CC1C)CCNC2. The van der Waals surface area contributed by atoms with Gasteiger partial charge in [-0.25, -0.2) is 4.98 Å². The molecule has 1 aromatic heterocycles. The van der Waals surface area contributed by atoms with E-state index in [9.17, 15) is 0 Å². The molecule has 1 saturated carbocycles. The van der Waals surface area contributed by atoms with E-state index in [2.05, 4.69) is 23.7 Å². The van der Waals surface area contributed by atoms with Crippen molar-refractivity contribution in [2.24, 2.45) is 11.8 Å². The summed E-state index contributed by atoms with van der Waals surface area (Å²) in [6, 6.07) is 0. The molecule has 2 atom stereocenters. The van der Waals surface area contributed by atoms with E-state index in [4.69, 9.17) is 4.98 Å². The van der Waals surface area contributed by atoms with Gasteiger partial charge in [-0.2, -0.15) is 0 Å². The van der Waals surface area contributed by atoms with Crippen LogP contribution < -0.4 is 5.32 Å². The van der Waals surface area contributed by atoms with E-state index in [1.165, 1.54) is 30.2 Å². The van der Waals surface area contributed by atoms with Gasteiger partial charge in [-0.3, -0.25) is 0 Å². The van der Waals surface area contributed by atoms with Crippen molar-refractivity contribution < 1.29 is 0 Å². The zero-order valence-electron chi connectivity index (χ0n) is 10.3. The van der Waals surface area contributed by atoms with Gasteiger partial charge in [-0.05, 0) is 18.3 Å². The molecule has 0 amide bonds. The van der Waals surface area contributed by atoms with Crippen molar-refractivity contribution in [1.82, 2.24) is 14.9 Å². The van der Waals surface area contributed by atoms with Crippen LogP contribution in [0.2, 0.25) is 0 Å². The summed E-state index contributed by atoms with van der Waals surface area (Å²) in [6.45, 7) is 7.87. The number of nitrogens with zero attached hydrogens (tertiary/aromatic N) is 2. The zero-order valence-corrected chi connectivity index (χ0v) is 10.3. The van der Waals surface area contributed by atoms with Crippen molar-refractivity contribution in [2.75, 3.05) is 6.54 Å². The molecule has 1 aliphatic heterocycles. The Morgan fingerprint density at radius 2 is 2.31 bits per heavy atom. The number of aryl methyl sites for hydroxylation is 1. The van der Waals surface area contributed by atoms with Crippen LogP contribution in [0.3, 0.4) is 0 Å². The Morgan fingerprint density at radius 3 is 3.00 bits per heavy atom. The van der Waals surface area contributed by atoms with E-state index in [1.807, 2.05) is 0 Å². The first kappa shape index (κ1) is 10.3. The van der Waals surface area contributed by atoms with Crippen LogP contribution in [0.15, 0.2) is 0 Å². The van der Waals surface area contributed by atoms with E-state index in [0.717, 1.165) is 37.8 Å². The van der Waals surface area contributed by atoms with E-state index in [1.54, 1.807) is 0 Å². The summed E-state index contributed by atoms with van der Waals surface area (Å²) in [5.41, 5.74) is 2.81. The van der Waals surface area contributed by atoms with Gasteiger partial charge in [0.1, 0.15) is 5.82 Å². The van der Waals surface area contributed by atoms with Gasteiger partial charge < -0.3 is 9.88 Å². The van der Waals surface area contributed by atoms with E-state index in [-0.39, 0.29) is 0 Å². The molecule has 2 unspecified atom stereocenters. The van der Waals surface area contributed by atoms with Gasteiger partial charge in [0.25, 0.3) is 0 Å². The first-order chi connectivity index (χ1) is 7.79. The fraction of sp³-hybridized carbons (Fsp3) is 0.769. The largest absolute Gasteiger partial charge is 0.331 e. The van der Waals surface area contributed by atoms with Crippen LogP contribution >= 0.6 is 0 Å². The highest BCUT2D eigenvalue weighted by Gasteiger charge is 2.34. The third-order valence-corrected chi connectivity index (χ3v) is 4.07. The molecule has 1 aromatic rings. The fourth-order valence-corrected chi connectivity index (χ4v) is 2.80. The third kappa shape index (κ3) is 1.67. The average molecular weight is 219 g/mol. The number of hydrogen-bond acceptors (Lipinski definition) is 2. The summed E-state index contributed by atoms with van der Waals surface area (Å²) in [5, 5.41) is 3.41. The number of imidazole rings is 1. The Labute approximate surface area is 97.3 Å². The van der Waals surface area contributed by atoms with E-state index < -0.39 is 0 Å². The number of rotatable bonds is 3. The van der Waals surface area contributed by atoms with Crippen molar-refractivity contribution in [3.8, 4) is 0 Å². The van der Waals surface area contributed by atoms with E-state index >= 15 is 0 Å². The highest BCUT2D eigenvalue weighted by Crippen LogP contribution is 2.39. The minimum Gasteiger partial charge on any atom is -0.331 e. The van der Waals surface area contributed by atoms with Gasteiger partial charge in [0.05, 0.1) is 5.69 Å². The molecular formula is C13H21N3. The quantitative estimate of drug-likeness (QED) is 0.839. The summed E-state index contributed by atoms with van der Waals surface area (Å²) < 4.78 is 2.52. The minimum absolute atomic E-state index is 0.915. The molecule has 3 nitrogen and oxygen atoms in total. The predicted octanol–water partition coefficient (Wildman–Crippen LogP) is 1.75. The normalized spacial score (nSPS) is 27.9. The maximum atomic E-state index is 4.78. The Morgan fingerprint density at radius 1 is 1.50 bits per heavy atom. The predicted molar refractivity (Wildman–Crippen MR) is 64.3 cm³/mol. The first-order valence-electron chi connectivity index (χ1n) is 6.57. The van der Waals surface area contributed by atoms with Gasteiger partial charge in [0.2, 0.25) is 0 Å². The molecule has 1 aliphatic carbocycles. The molecule has 1 fully saturated rings. The maximum absolute atomic E-state index is 4.78. The van der Waals surface area contributed by atoms with Crippen LogP contribution in [0.25, 0.3) is 0 Å². The summed E-state index contributed by atoms with van der Waals surface area (Å²) in [4.78, 5) is 4.78. The van der Waals surface area contributed by atoms with Crippen LogP contribution in [0.4, 0.5) is 0 Å². The lowest BCUT2D eigenvalue weighted by Crippen LogP contribution is -2.25. The number of hydrogen-bond donors (Lipinski definition) is 1. The second-order valence-corrected chi connectivity index (χ2v) is 5.29. The highest BCUT2D eigenvalue weighted by molar-refractivity contribution is 5.20. The molecule has 2 aliphatic rings. The minimum atomic E-state index is 0.915. The van der Waals surface area contributed by atoms with Gasteiger partial charge in [0, 0.05) is 38.2 Å². The molecule has 0 spiro atoms. The van der Waals surface area contributed by atoms with Gasteiger partial charge in [-0.1, -0.05) is 13.8 Å². The van der Waals surface area contributed by atoms with Crippen LogP contribution in [-0.2, 0) is 25.9 Å². The Balaban J connectivity index is 1.90. The molecule has 1 N–H and O–H groups in total. The van der Waals surface area contributed by atoms with Crippen molar-refractivity contribution in [2.45, 2.75) is 46.2 Å². The summed E-state index contributed by atoms with van der Waals surface area (Å²) in [7, 11) is 0. The zero-order chi connectivity index (χ0) is 11.1. The monoisotopic (exact) mass is 219 g/mol. The Hall–Kier alpha value is -0.830. The van der Waals surface area contributed by atoms with Crippen LogP contribution in [0.5, 0.6) is 0 Å². The second kappa shape index (κ2) is 3.88. The lowest BCUT2D eigenvalue weighted by molar-refractivity contribution is 0.534. The number of fused-ring (bicyclic) bond motifs is 1. The standard InChI is InChI=1S/C13H21N3/c1-3-13-15-11-7-14-5-4-12(11)16(13)8-10-6-9(10)2/h9-10,14H,3-8H2,1-2H3. The third-order valence-electron chi connectivity index (χ3n) is 4.07. The van der Waals surface area contributed by atoms with Crippen molar-refractivity contribution in [1.29, 1.82) is 0 Å². The molecule has 88 valence electrons. The molecule has 0 aromatic carbocycles. The molecule has 3 heteroatoms. The van der Waals surface area contributed by atoms with Crippen molar-refractivity contribution in [3.05, 3.63) is 17.2 Å².